The topological polar surface area (TPSA) is 22.1 Å². The van der Waals surface area contributed by atoms with Gasteiger partial charge in [0, 0.05) is 0 Å². The standard InChI is InChI=1S/C14H15ClFNOS/c1-14(2,3)9-4-5-11(10(15)6-9)18-8-13-17-7-12(16)19-13/h4-7H,8H2,1-3H3. The molecule has 2 aromatic rings. The van der Waals surface area contributed by atoms with Gasteiger partial charge in [0.15, 0.2) is 5.13 Å². The van der Waals surface area contributed by atoms with Gasteiger partial charge in [0.05, 0.1) is 11.2 Å². The van der Waals surface area contributed by atoms with Crippen LogP contribution >= 0.6 is 22.9 Å². The van der Waals surface area contributed by atoms with E-state index in [1.54, 1.807) is 0 Å². The lowest BCUT2D eigenvalue weighted by Gasteiger charge is -2.20. The van der Waals surface area contributed by atoms with Crippen LogP contribution in [-0.4, -0.2) is 4.98 Å². The Morgan fingerprint density at radius 2 is 2.11 bits per heavy atom. The molecule has 0 spiro atoms. The largest absolute Gasteiger partial charge is 0.485 e. The van der Waals surface area contributed by atoms with Gasteiger partial charge in [-0.2, -0.15) is 4.39 Å². The van der Waals surface area contributed by atoms with Crippen LogP contribution in [0.15, 0.2) is 24.4 Å². The summed E-state index contributed by atoms with van der Waals surface area (Å²) in [6, 6.07) is 5.73. The van der Waals surface area contributed by atoms with Crippen molar-refractivity contribution >= 4 is 22.9 Å². The maximum absolute atomic E-state index is 12.8. The number of benzene rings is 1. The summed E-state index contributed by atoms with van der Waals surface area (Å²) < 4.78 is 18.3. The van der Waals surface area contributed by atoms with Gasteiger partial charge in [-0.05, 0) is 23.1 Å². The van der Waals surface area contributed by atoms with Gasteiger partial charge in [-0.25, -0.2) is 4.98 Å². The smallest absolute Gasteiger partial charge is 0.196 e. The summed E-state index contributed by atoms with van der Waals surface area (Å²) in [7, 11) is 0. The second-order valence-corrected chi connectivity index (χ2v) is 6.71. The van der Waals surface area contributed by atoms with Crippen LogP contribution in [0.2, 0.25) is 5.02 Å². The molecule has 5 heteroatoms. The van der Waals surface area contributed by atoms with Gasteiger partial charge in [0.25, 0.3) is 0 Å². The minimum Gasteiger partial charge on any atom is -0.485 e. The van der Waals surface area contributed by atoms with Crippen LogP contribution in [0, 0.1) is 5.13 Å². The van der Waals surface area contributed by atoms with E-state index in [9.17, 15) is 4.39 Å². The van der Waals surface area contributed by atoms with Gasteiger partial charge >= 0.3 is 0 Å². The molecule has 0 amide bonds. The van der Waals surface area contributed by atoms with Crippen LogP contribution in [0.3, 0.4) is 0 Å². The molecule has 1 aromatic carbocycles. The van der Waals surface area contributed by atoms with Crippen molar-refractivity contribution in [3.63, 3.8) is 0 Å². The van der Waals surface area contributed by atoms with Crippen molar-refractivity contribution in [3.8, 4) is 5.75 Å². The number of nitrogens with zero attached hydrogens (tertiary/aromatic N) is 1. The van der Waals surface area contributed by atoms with E-state index >= 15 is 0 Å². The van der Waals surface area contributed by atoms with E-state index in [-0.39, 0.29) is 17.2 Å². The Balaban J connectivity index is 2.09. The molecule has 0 unspecified atom stereocenters. The molecule has 0 atom stereocenters. The average molecular weight is 300 g/mol. The third-order valence-electron chi connectivity index (χ3n) is 2.67. The number of hydrogen-bond donors (Lipinski definition) is 0. The van der Waals surface area contributed by atoms with Crippen LogP contribution in [0.4, 0.5) is 4.39 Å². The molecular weight excluding hydrogens is 285 g/mol. The zero-order valence-corrected chi connectivity index (χ0v) is 12.6. The number of ether oxygens (including phenoxy) is 1. The number of aromatic nitrogens is 1. The van der Waals surface area contributed by atoms with E-state index < -0.39 is 0 Å². The first-order valence-electron chi connectivity index (χ1n) is 5.89. The first-order valence-corrected chi connectivity index (χ1v) is 7.09. The summed E-state index contributed by atoms with van der Waals surface area (Å²) in [5.41, 5.74) is 1.19. The Labute approximate surface area is 121 Å². The molecule has 0 saturated carbocycles. The van der Waals surface area contributed by atoms with E-state index in [0.717, 1.165) is 16.9 Å². The number of halogens is 2. The molecule has 1 heterocycles. The Morgan fingerprint density at radius 1 is 1.37 bits per heavy atom. The van der Waals surface area contributed by atoms with Crippen molar-refractivity contribution in [2.24, 2.45) is 0 Å². The fourth-order valence-corrected chi connectivity index (χ4v) is 2.37. The fourth-order valence-electron chi connectivity index (χ4n) is 1.58. The lowest BCUT2D eigenvalue weighted by Crippen LogP contribution is -2.10. The first-order chi connectivity index (χ1) is 8.86. The summed E-state index contributed by atoms with van der Waals surface area (Å²) >= 11 is 7.17. The van der Waals surface area contributed by atoms with Gasteiger partial charge in [0.2, 0.25) is 0 Å². The van der Waals surface area contributed by atoms with Gasteiger partial charge in [-0.3, -0.25) is 0 Å². The summed E-state index contributed by atoms with van der Waals surface area (Å²) in [5, 5.41) is 0.839. The van der Waals surface area contributed by atoms with Crippen molar-refractivity contribution < 1.29 is 9.13 Å². The summed E-state index contributed by atoms with van der Waals surface area (Å²) in [5.74, 6) is 0.588. The van der Waals surface area contributed by atoms with E-state index in [1.165, 1.54) is 6.20 Å². The lowest BCUT2D eigenvalue weighted by molar-refractivity contribution is 0.305. The molecule has 19 heavy (non-hydrogen) atoms. The fraction of sp³-hybridized carbons (Fsp3) is 0.357. The number of hydrogen-bond acceptors (Lipinski definition) is 3. The zero-order valence-electron chi connectivity index (χ0n) is 11.0. The molecule has 0 aliphatic heterocycles. The lowest BCUT2D eigenvalue weighted by atomic mass is 9.87. The summed E-state index contributed by atoms with van der Waals surface area (Å²) in [6.07, 6.45) is 1.19. The van der Waals surface area contributed by atoms with Crippen molar-refractivity contribution in [1.29, 1.82) is 0 Å². The Hall–Kier alpha value is -1.13. The molecule has 0 N–H and O–H groups in total. The highest BCUT2D eigenvalue weighted by molar-refractivity contribution is 7.09. The van der Waals surface area contributed by atoms with Crippen molar-refractivity contribution in [2.45, 2.75) is 32.8 Å². The van der Waals surface area contributed by atoms with Gasteiger partial charge in [-0.15, -0.1) is 0 Å². The molecule has 0 bridgehead atoms. The van der Waals surface area contributed by atoms with Crippen LogP contribution in [-0.2, 0) is 12.0 Å². The molecule has 1 aromatic heterocycles. The van der Waals surface area contributed by atoms with E-state index in [1.807, 2.05) is 18.2 Å². The minimum atomic E-state index is -0.312. The van der Waals surface area contributed by atoms with Gasteiger partial charge in [0.1, 0.15) is 17.4 Å². The van der Waals surface area contributed by atoms with Crippen LogP contribution in [0.1, 0.15) is 31.3 Å². The van der Waals surface area contributed by atoms with Gasteiger partial charge < -0.3 is 4.74 Å². The third-order valence-corrected chi connectivity index (χ3v) is 3.73. The predicted molar refractivity (Wildman–Crippen MR) is 76.6 cm³/mol. The molecule has 2 nitrogen and oxygen atoms in total. The monoisotopic (exact) mass is 299 g/mol. The SMILES string of the molecule is CC(C)(C)c1ccc(OCc2ncc(F)s2)c(Cl)c1. The van der Waals surface area contributed by atoms with E-state index in [2.05, 4.69) is 25.8 Å². The summed E-state index contributed by atoms with van der Waals surface area (Å²) in [4.78, 5) is 3.89. The number of rotatable bonds is 3. The molecule has 0 saturated heterocycles. The third kappa shape index (κ3) is 3.67. The van der Waals surface area contributed by atoms with Gasteiger partial charge in [-0.1, -0.05) is 49.8 Å². The minimum absolute atomic E-state index is 0.0423. The predicted octanol–water partition coefficient (Wildman–Crippen LogP) is 4.81. The second kappa shape index (κ2) is 5.47. The zero-order chi connectivity index (χ0) is 14.0. The highest BCUT2D eigenvalue weighted by atomic mass is 35.5. The highest BCUT2D eigenvalue weighted by Gasteiger charge is 2.15. The average Bonchev–Trinajstić information content (AvgIpc) is 2.72. The quantitative estimate of drug-likeness (QED) is 0.811. The van der Waals surface area contributed by atoms with Crippen molar-refractivity contribution in [3.05, 3.63) is 45.1 Å². The molecule has 0 fully saturated rings. The van der Waals surface area contributed by atoms with Crippen LogP contribution in [0.5, 0.6) is 5.75 Å². The molecule has 0 aliphatic carbocycles. The maximum Gasteiger partial charge on any atom is 0.196 e. The molecular formula is C14H15ClFNOS. The Bertz CT molecular complexity index is 577. The molecule has 0 radical (unpaired) electrons. The maximum atomic E-state index is 12.8. The molecule has 0 aliphatic rings. The normalized spacial score (nSPS) is 11.6. The second-order valence-electron chi connectivity index (χ2n) is 5.24. The van der Waals surface area contributed by atoms with Crippen molar-refractivity contribution in [2.75, 3.05) is 0 Å². The van der Waals surface area contributed by atoms with E-state index in [4.69, 9.17) is 16.3 Å². The first kappa shape index (κ1) is 14.3. The van der Waals surface area contributed by atoms with Crippen LogP contribution < -0.4 is 4.74 Å². The Morgan fingerprint density at radius 3 is 2.63 bits per heavy atom. The summed E-state index contributed by atoms with van der Waals surface area (Å²) in [6.45, 7) is 6.59. The van der Waals surface area contributed by atoms with Crippen molar-refractivity contribution in [1.82, 2.24) is 4.98 Å². The highest BCUT2D eigenvalue weighted by Crippen LogP contribution is 2.31. The molecule has 2 rings (SSSR count). The van der Waals surface area contributed by atoms with E-state index in [0.29, 0.717) is 15.8 Å². The Kier molecular flexibility index (Phi) is 4.11. The number of thiazole rings is 1. The van der Waals surface area contributed by atoms with Crippen LogP contribution in [0.25, 0.3) is 0 Å². The molecule has 102 valence electrons.